The maximum atomic E-state index is 12.6. The lowest BCUT2D eigenvalue weighted by Gasteiger charge is -2.19. The van der Waals surface area contributed by atoms with Crippen molar-refractivity contribution in [2.75, 3.05) is 13.1 Å². The van der Waals surface area contributed by atoms with Crippen LogP contribution in [-0.2, 0) is 10.0 Å². The van der Waals surface area contributed by atoms with Crippen molar-refractivity contribution >= 4 is 45.6 Å². The van der Waals surface area contributed by atoms with Gasteiger partial charge in [-0.25, -0.2) is 8.42 Å². The Morgan fingerprint density at radius 1 is 1.35 bits per heavy atom. The van der Waals surface area contributed by atoms with Crippen molar-refractivity contribution in [2.45, 2.75) is 24.3 Å². The van der Waals surface area contributed by atoms with Gasteiger partial charge in [-0.3, -0.25) is 0 Å². The lowest BCUT2D eigenvalue weighted by atomic mass is 10.0. The first-order valence-electron chi connectivity index (χ1n) is 6.03. The van der Waals surface area contributed by atoms with Crippen LogP contribution in [0.5, 0.6) is 0 Å². The average Bonchev–Trinajstić information content (AvgIpc) is 2.78. The van der Waals surface area contributed by atoms with Crippen LogP contribution in [0.1, 0.15) is 13.3 Å². The number of sulfonamides is 1. The molecule has 0 saturated carbocycles. The Morgan fingerprint density at radius 3 is 2.35 bits per heavy atom. The molecule has 0 radical (unpaired) electrons. The number of rotatable bonds is 3. The molecule has 4 nitrogen and oxygen atoms in total. The van der Waals surface area contributed by atoms with E-state index in [-0.39, 0.29) is 39.3 Å². The second kappa shape index (κ2) is 6.81. The van der Waals surface area contributed by atoms with Gasteiger partial charge in [0.15, 0.2) is 0 Å². The van der Waals surface area contributed by atoms with E-state index >= 15 is 0 Å². The number of hydrogen-bond acceptors (Lipinski definition) is 3. The highest BCUT2D eigenvalue weighted by Crippen LogP contribution is 2.34. The Bertz CT molecular complexity index is 558. The average molecular weight is 360 g/mol. The monoisotopic (exact) mass is 358 g/mol. The van der Waals surface area contributed by atoms with Gasteiger partial charge in [0.1, 0.15) is 4.90 Å². The Labute approximate surface area is 135 Å². The van der Waals surface area contributed by atoms with Gasteiger partial charge in [-0.05, 0) is 31.4 Å². The van der Waals surface area contributed by atoms with Crippen molar-refractivity contribution in [3.63, 3.8) is 0 Å². The molecule has 0 aromatic heterocycles. The van der Waals surface area contributed by atoms with E-state index in [2.05, 4.69) is 0 Å². The predicted octanol–water partition coefficient (Wildman–Crippen LogP) is 2.77. The summed E-state index contributed by atoms with van der Waals surface area (Å²) < 4.78 is 26.5. The highest BCUT2D eigenvalue weighted by Gasteiger charge is 2.36. The largest absolute Gasteiger partial charge is 0.328 e. The fourth-order valence-corrected chi connectivity index (χ4v) is 4.86. The van der Waals surface area contributed by atoms with E-state index < -0.39 is 10.0 Å². The van der Waals surface area contributed by atoms with Gasteiger partial charge >= 0.3 is 0 Å². The molecular weight excluding hydrogens is 343 g/mol. The van der Waals surface area contributed by atoms with Crippen molar-refractivity contribution in [3.8, 4) is 0 Å². The molecule has 1 saturated heterocycles. The van der Waals surface area contributed by atoms with E-state index in [1.165, 1.54) is 16.4 Å². The molecule has 1 aromatic rings. The third-order valence-electron chi connectivity index (χ3n) is 3.45. The topological polar surface area (TPSA) is 63.4 Å². The number of nitrogens with zero attached hydrogens (tertiary/aromatic N) is 1. The van der Waals surface area contributed by atoms with Gasteiger partial charge in [-0.2, -0.15) is 4.31 Å². The van der Waals surface area contributed by atoms with Gasteiger partial charge in [0, 0.05) is 19.1 Å². The molecule has 2 unspecified atom stereocenters. The lowest BCUT2D eigenvalue weighted by Crippen LogP contribution is -2.33. The highest BCUT2D eigenvalue weighted by atomic mass is 35.5. The Balaban J connectivity index is 0.00000200. The molecule has 2 atom stereocenters. The second-order valence-electron chi connectivity index (χ2n) is 4.82. The lowest BCUT2D eigenvalue weighted by molar-refractivity contribution is 0.429. The zero-order chi connectivity index (χ0) is 14.2. The maximum Gasteiger partial charge on any atom is 0.246 e. The van der Waals surface area contributed by atoms with Crippen LogP contribution < -0.4 is 5.73 Å². The molecule has 114 valence electrons. The number of benzene rings is 1. The van der Waals surface area contributed by atoms with Gasteiger partial charge in [0.25, 0.3) is 0 Å². The van der Waals surface area contributed by atoms with Crippen LogP contribution in [0.4, 0.5) is 0 Å². The van der Waals surface area contributed by atoms with Gasteiger partial charge in [0.05, 0.1) is 10.0 Å². The van der Waals surface area contributed by atoms with Crippen LogP contribution in [0.15, 0.2) is 23.1 Å². The third-order valence-corrected chi connectivity index (χ3v) is 6.27. The normalized spacial score (nSPS) is 21.5. The molecule has 0 bridgehead atoms. The molecule has 1 aliphatic heterocycles. The standard InChI is InChI=1S/C12H16Cl2N2O2S.ClH/c1-8(15)9-5-6-16(7-9)19(17,18)12-10(13)3-2-4-11(12)14;/h2-4,8-9H,5-7,15H2,1H3;1H. The zero-order valence-corrected chi connectivity index (χ0v) is 14.1. The summed E-state index contributed by atoms with van der Waals surface area (Å²) in [7, 11) is -3.65. The van der Waals surface area contributed by atoms with Crippen LogP contribution >= 0.6 is 35.6 Å². The summed E-state index contributed by atoms with van der Waals surface area (Å²) in [5.74, 6) is 0.177. The van der Waals surface area contributed by atoms with Crippen molar-refractivity contribution in [1.82, 2.24) is 4.31 Å². The minimum Gasteiger partial charge on any atom is -0.328 e. The minimum absolute atomic E-state index is 0. The van der Waals surface area contributed by atoms with Gasteiger partial charge < -0.3 is 5.73 Å². The van der Waals surface area contributed by atoms with Gasteiger partial charge in [0.2, 0.25) is 10.0 Å². The van der Waals surface area contributed by atoms with E-state index in [9.17, 15) is 8.42 Å². The number of halogens is 3. The van der Waals surface area contributed by atoms with Crippen LogP contribution in [0.25, 0.3) is 0 Å². The van der Waals surface area contributed by atoms with Crippen molar-refractivity contribution in [2.24, 2.45) is 11.7 Å². The summed E-state index contributed by atoms with van der Waals surface area (Å²) in [5.41, 5.74) is 5.83. The van der Waals surface area contributed by atoms with E-state index in [0.717, 1.165) is 6.42 Å². The molecule has 8 heteroatoms. The molecule has 1 aliphatic rings. The first-order chi connectivity index (χ1) is 8.84. The van der Waals surface area contributed by atoms with E-state index in [4.69, 9.17) is 28.9 Å². The fourth-order valence-electron chi connectivity index (χ4n) is 2.26. The van der Waals surface area contributed by atoms with Crippen molar-refractivity contribution in [1.29, 1.82) is 0 Å². The van der Waals surface area contributed by atoms with E-state index in [1.807, 2.05) is 6.92 Å². The number of nitrogens with two attached hydrogens (primary N) is 1. The first kappa shape index (κ1) is 18.0. The predicted molar refractivity (Wildman–Crippen MR) is 84.2 cm³/mol. The van der Waals surface area contributed by atoms with Crippen LogP contribution in [0.3, 0.4) is 0 Å². The van der Waals surface area contributed by atoms with Crippen LogP contribution in [0, 0.1) is 5.92 Å². The quantitative estimate of drug-likeness (QED) is 0.902. The molecule has 20 heavy (non-hydrogen) atoms. The van der Waals surface area contributed by atoms with Crippen LogP contribution in [-0.4, -0.2) is 31.9 Å². The summed E-state index contributed by atoms with van der Waals surface area (Å²) in [6.07, 6.45) is 0.763. The Hall–Kier alpha value is -0.0400. The van der Waals surface area contributed by atoms with Crippen LogP contribution in [0.2, 0.25) is 10.0 Å². The van der Waals surface area contributed by atoms with Crippen molar-refractivity contribution < 1.29 is 8.42 Å². The van der Waals surface area contributed by atoms with Gasteiger partial charge in [-0.1, -0.05) is 29.3 Å². The molecule has 1 aromatic carbocycles. The Kier molecular flexibility index (Phi) is 6.14. The van der Waals surface area contributed by atoms with Crippen molar-refractivity contribution in [3.05, 3.63) is 28.2 Å². The maximum absolute atomic E-state index is 12.6. The third kappa shape index (κ3) is 3.40. The molecular formula is C12H17Cl3N2O2S. The molecule has 1 fully saturated rings. The highest BCUT2D eigenvalue weighted by molar-refractivity contribution is 7.89. The summed E-state index contributed by atoms with van der Waals surface area (Å²) in [4.78, 5) is -0.0105. The first-order valence-corrected chi connectivity index (χ1v) is 8.23. The second-order valence-corrected chi connectivity index (χ2v) is 7.51. The fraction of sp³-hybridized carbons (Fsp3) is 0.500. The SMILES string of the molecule is CC(N)C1CCN(S(=O)(=O)c2c(Cl)cccc2Cl)C1.Cl. The molecule has 0 spiro atoms. The molecule has 0 aliphatic carbocycles. The summed E-state index contributed by atoms with van der Waals surface area (Å²) >= 11 is 12.0. The minimum atomic E-state index is -3.65. The molecule has 2 rings (SSSR count). The molecule has 2 N–H and O–H groups in total. The summed E-state index contributed by atoms with van der Waals surface area (Å²) in [6.45, 7) is 2.76. The molecule has 1 heterocycles. The zero-order valence-electron chi connectivity index (χ0n) is 10.9. The Morgan fingerprint density at radius 2 is 1.90 bits per heavy atom. The smallest absolute Gasteiger partial charge is 0.246 e. The number of hydrogen-bond donors (Lipinski definition) is 1. The molecule has 0 amide bonds. The van der Waals surface area contributed by atoms with E-state index in [1.54, 1.807) is 6.07 Å². The van der Waals surface area contributed by atoms with Gasteiger partial charge in [-0.15, -0.1) is 12.4 Å². The van der Waals surface area contributed by atoms with E-state index in [0.29, 0.717) is 13.1 Å². The summed E-state index contributed by atoms with van der Waals surface area (Å²) in [5, 5.41) is 0.300. The summed E-state index contributed by atoms with van der Waals surface area (Å²) in [6, 6.07) is 4.65.